The summed E-state index contributed by atoms with van der Waals surface area (Å²) in [4.78, 5) is 0. The van der Waals surface area contributed by atoms with E-state index in [4.69, 9.17) is 10.5 Å². The molecule has 0 amide bonds. The molecule has 0 aliphatic rings. The highest BCUT2D eigenvalue weighted by molar-refractivity contribution is 9.10. The number of hydrogen-bond donors (Lipinski definition) is 1. The van der Waals surface area contributed by atoms with Crippen molar-refractivity contribution in [2.45, 2.75) is 25.1 Å². The largest absolute Gasteiger partial charge is 0.494 e. The van der Waals surface area contributed by atoms with Gasteiger partial charge in [-0.1, -0.05) is 15.9 Å². The van der Waals surface area contributed by atoms with Gasteiger partial charge in [0.1, 0.15) is 11.8 Å². The second kappa shape index (κ2) is 5.62. The summed E-state index contributed by atoms with van der Waals surface area (Å²) in [6.07, 6.45) is -5.72. The van der Waals surface area contributed by atoms with Gasteiger partial charge in [0.25, 0.3) is 0 Å². The Bertz CT molecular complexity index is 449. The number of rotatable bonds is 4. The third-order valence-corrected chi connectivity index (χ3v) is 2.87. The van der Waals surface area contributed by atoms with Gasteiger partial charge in [-0.3, -0.25) is 0 Å². The van der Waals surface area contributed by atoms with E-state index >= 15 is 0 Å². The third-order valence-electron chi connectivity index (χ3n) is 2.38. The molecule has 19 heavy (non-hydrogen) atoms. The molecule has 0 aliphatic carbocycles. The standard InChI is InChI=1S/C11H11BrF5NO/c1-2-19-8-4-3-6(12)5-7(8)9(18)10(13,14)11(15,16)17/h3-5,9H,2,18H2,1H3/t9-/m0/s1. The van der Waals surface area contributed by atoms with Gasteiger partial charge in [0.05, 0.1) is 6.61 Å². The molecule has 0 saturated carbocycles. The minimum absolute atomic E-state index is 0.0953. The van der Waals surface area contributed by atoms with Gasteiger partial charge in [-0.2, -0.15) is 22.0 Å². The normalized spacial score (nSPS) is 14.3. The van der Waals surface area contributed by atoms with E-state index < -0.39 is 23.7 Å². The predicted octanol–water partition coefficient (Wildman–Crippen LogP) is 4.05. The molecule has 108 valence electrons. The van der Waals surface area contributed by atoms with E-state index in [1.165, 1.54) is 12.1 Å². The summed E-state index contributed by atoms with van der Waals surface area (Å²) in [5, 5.41) is 0. The van der Waals surface area contributed by atoms with Crippen molar-refractivity contribution < 1.29 is 26.7 Å². The molecule has 0 saturated heterocycles. The van der Waals surface area contributed by atoms with Gasteiger partial charge in [-0.05, 0) is 25.1 Å². The van der Waals surface area contributed by atoms with Gasteiger partial charge in [0, 0.05) is 10.0 Å². The zero-order valence-electron chi connectivity index (χ0n) is 9.77. The van der Waals surface area contributed by atoms with Crippen molar-refractivity contribution in [1.82, 2.24) is 0 Å². The summed E-state index contributed by atoms with van der Waals surface area (Å²) in [6.45, 7) is 1.71. The number of ether oxygens (including phenoxy) is 1. The number of benzene rings is 1. The van der Waals surface area contributed by atoms with E-state index in [-0.39, 0.29) is 12.4 Å². The van der Waals surface area contributed by atoms with E-state index in [9.17, 15) is 22.0 Å². The maximum Gasteiger partial charge on any atom is 0.455 e. The van der Waals surface area contributed by atoms with Crippen LogP contribution in [0.3, 0.4) is 0 Å². The molecule has 0 aliphatic heterocycles. The molecule has 0 fully saturated rings. The first-order chi connectivity index (χ1) is 8.61. The van der Waals surface area contributed by atoms with Gasteiger partial charge in [0.2, 0.25) is 0 Å². The molecule has 0 aromatic heterocycles. The Labute approximate surface area is 114 Å². The highest BCUT2D eigenvalue weighted by Crippen LogP contribution is 2.45. The van der Waals surface area contributed by atoms with Crippen LogP contribution in [-0.2, 0) is 0 Å². The molecule has 0 radical (unpaired) electrons. The lowest BCUT2D eigenvalue weighted by molar-refractivity contribution is -0.291. The Balaban J connectivity index is 3.25. The summed E-state index contributed by atoms with van der Waals surface area (Å²) in [6, 6.07) is 1.31. The molecule has 0 bridgehead atoms. The van der Waals surface area contributed by atoms with Crippen molar-refractivity contribution >= 4 is 15.9 Å². The lowest BCUT2D eigenvalue weighted by atomic mass is 10.00. The van der Waals surface area contributed by atoms with Crippen molar-refractivity contribution in [3.8, 4) is 5.75 Å². The van der Waals surface area contributed by atoms with Crippen LogP contribution in [0.1, 0.15) is 18.5 Å². The minimum atomic E-state index is -5.72. The number of halogens is 6. The topological polar surface area (TPSA) is 35.2 Å². The van der Waals surface area contributed by atoms with Crippen LogP contribution in [0.5, 0.6) is 5.75 Å². The molecule has 1 aromatic carbocycles. The molecule has 1 atom stereocenters. The minimum Gasteiger partial charge on any atom is -0.494 e. The van der Waals surface area contributed by atoms with Crippen LogP contribution >= 0.6 is 15.9 Å². The van der Waals surface area contributed by atoms with Gasteiger partial charge >= 0.3 is 12.1 Å². The summed E-state index contributed by atoms with van der Waals surface area (Å²) in [7, 11) is 0. The van der Waals surface area contributed by atoms with E-state index in [1.54, 1.807) is 6.92 Å². The molecule has 0 spiro atoms. The van der Waals surface area contributed by atoms with Crippen LogP contribution in [0.4, 0.5) is 22.0 Å². The summed E-state index contributed by atoms with van der Waals surface area (Å²) in [5.41, 5.74) is 4.68. The van der Waals surface area contributed by atoms with Crippen LogP contribution in [0.25, 0.3) is 0 Å². The average Bonchev–Trinajstić information content (AvgIpc) is 2.29. The van der Waals surface area contributed by atoms with Crippen molar-refractivity contribution in [2.75, 3.05) is 6.61 Å². The van der Waals surface area contributed by atoms with Gasteiger partial charge in [-0.25, -0.2) is 0 Å². The molecule has 1 rings (SSSR count). The zero-order chi connectivity index (χ0) is 14.8. The van der Waals surface area contributed by atoms with Crippen molar-refractivity contribution in [3.05, 3.63) is 28.2 Å². The SMILES string of the molecule is CCOc1ccc(Br)cc1[C@H](N)C(F)(F)C(F)(F)F. The molecule has 0 heterocycles. The average molecular weight is 348 g/mol. The summed E-state index contributed by atoms with van der Waals surface area (Å²) >= 11 is 3.00. The summed E-state index contributed by atoms with van der Waals surface area (Å²) in [5.74, 6) is -5.14. The lowest BCUT2D eigenvalue weighted by Crippen LogP contribution is -2.46. The number of alkyl halides is 5. The van der Waals surface area contributed by atoms with Crippen LogP contribution in [0.15, 0.2) is 22.7 Å². The molecular formula is C11H11BrF5NO. The molecule has 2 nitrogen and oxygen atoms in total. The van der Waals surface area contributed by atoms with Crippen LogP contribution in [0, 0.1) is 0 Å². The molecule has 8 heteroatoms. The van der Waals surface area contributed by atoms with Crippen molar-refractivity contribution in [3.63, 3.8) is 0 Å². The molecular weight excluding hydrogens is 337 g/mol. The smallest absolute Gasteiger partial charge is 0.455 e. The highest BCUT2D eigenvalue weighted by Gasteiger charge is 2.62. The van der Waals surface area contributed by atoms with E-state index in [2.05, 4.69) is 15.9 Å². The zero-order valence-corrected chi connectivity index (χ0v) is 11.4. The highest BCUT2D eigenvalue weighted by atomic mass is 79.9. The Morgan fingerprint density at radius 1 is 1.26 bits per heavy atom. The Hall–Kier alpha value is -0.890. The fourth-order valence-corrected chi connectivity index (χ4v) is 1.80. The summed E-state index contributed by atoms with van der Waals surface area (Å²) < 4.78 is 68.7. The maximum atomic E-state index is 13.2. The predicted molar refractivity (Wildman–Crippen MR) is 63.2 cm³/mol. The van der Waals surface area contributed by atoms with Gasteiger partial charge < -0.3 is 10.5 Å². The van der Waals surface area contributed by atoms with E-state index in [0.29, 0.717) is 4.47 Å². The van der Waals surface area contributed by atoms with E-state index in [1.807, 2.05) is 0 Å². The van der Waals surface area contributed by atoms with Gasteiger partial charge in [0.15, 0.2) is 0 Å². The first kappa shape index (κ1) is 16.2. The molecule has 0 unspecified atom stereocenters. The van der Waals surface area contributed by atoms with E-state index in [0.717, 1.165) is 6.07 Å². The van der Waals surface area contributed by atoms with Crippen molar-refractivity contribution in [1.29, 1.82) is 0 Å². The molecule has 2 N–H and O–H groups in total. The Morgan fingerprint density at radius 2 is 1.84 bits per heavy atom. The first-order valence-electron chi connectivity index (χ1n) is 5.23. The van der Waals surface area contributed by atoms with Crippen LogP contribution < -0.4 is 10.5 Å². The monoisotopic (exact) mass is 347 g/mol. The maximum absolute atomic E-state index is 13.2. The first-order valence-corrected chi connectivity index (χ1v) is 6.03. The molecule has 1 aromatic rings. The van der Waals surface area contributed by atoms with Crippen LogP contribution in [-0.4, -0.2) is 18.7 Å². The fraction of sp³-hybridized carbons (Fsp3) is 0.455. The van der Waals surface area contributed by atoms with Crippen molar-refractivity contribution in [2.24, 2.45) is 5.73 Å². The number of nitrogens with two attached hydrogens (primary N) is 1. The second-order valence-corrected chi connectivity index (χ2v) is 4.63. The Kier molecular flexibility index (Phi) is 4.78. The number of hydrogen-bond acceptors (Lipinski definition) is 2. The van der Waals surface area contributed by atoms with Gasteiger partial charge in [-0.15, -0.1) is 0 Å². The van der Waals surface area contributed by atoms with Crippen LogP contribution in [0.2, 0.25) is 0 Å². The lowest BCUT2D eigenvalue weighted by Gasteiger charge is -2.27. The fourth-order valence-electron chi connectivity index (χ4n) is 1.42. The Morgan fingerprint density at radius 3 is 2.32 bits per heavy atom. The quantitative estimate of drug-likeness (QED) is 0.834. The third kappa shape index (κ3) is 3.36. The second-order valence-electron chi connectivity index (χ2n) is 3.71.